The van der Waals surface area contributed by atoms with Crippen LogP contribution in [0, 0.1) is 6.92 Å². The van der Waals surface area contributed by atoms with Crippen molar-refractivity contribution in [3.05, 3.63) is 35.0 Å². The summed E-state index contributed by atoms with van der Waals surface area (Å²) in [6, 6.07) is 5.71. The number of anilines is 3. The summed E-state index contributed by atoms with van der Waals surface area (Å²) < 4.78 is 0. The summed E-state index contributed by atoms with van der Waals surface area (Å²) in [5.74, 6) is 1.12. The van der Waals surface area contributed by atoms with Crippen LogP contribution in [-0.2, 0) is 0 Å². The van der Waals surface area contributed by atoms with E-state index in [9.17, 15) is 0 Å². The van der Waals surface area contributed by atoms with Gasteiger partial charge >= 0.3 is 0 Å². The van der Waals surface area contributed by atoms with Crippen LogP contribution in [0.2, 0.25) is 5.02 Å². The lowest BCUT2D eigenvalue weighted by molar-refractivity contribution is 0.425. The highest BCUT2D eigenvalue weighted by molar-refractivity contribution is 6.31. The van der Waals surface area contributed by atoms with Gasteiger partial charge in [-0.3, -0.25) is 0 Å². The van der Waals surface area contributed by atoms with Crippen molar-refractivity contribution >= 4 is 29.1 Å². The molecule has 21 heavy (non-hydrogen) atoms. The molecule has 2 rings (SSSR count). The molecule has 112 valence electrons. The number of nitrogens with one attached hydrogen (secondary N) is 2. The molecule has 7 heteroatoms. The third-order valence-electron chi connectivity index (χ3n) is 2.85. The Balaban J connectivity index is 2.01. The fourth-order valence-electron chi connectivity index (χ4n) is 1.65. The zero-order valence-corrected chi connectivity index (χ0v) is 13.1. The lowest BCUT2D eigenvalue weighted by atomic mass is 10.2. The molecule has 0 saturated heterocycles. The Morgan fingerprint density at radius 2 is 2.10 bits per heavy atom. The number of aromatic nitrogens is 3. The minimum Gasteiger partial charge on any atom is -0.367 e. The van der Waals surface area contributed by atoms with E-state index in [1.807, 2.05) is 39.2 Å². The standard InChI is InChI=1S/C14H19ClN6/c1-10-4-5-11(8-12(10)15)18-14-19-13(9-17-20-14)16-6-7-21(2)3/h4-5,8-9H,6-7H2,1-3H3,(H2,16,18,19,20). The van der Waals surface area contributed by atoms with Crippen LogP contribution in [-0.4, -0.2) is 47.3 Å². The first kappa shape index (κ1) is 15.5. The molecule has 0 radical (unpaired) electrons. The summed E-state index contributed by atoms with van der Waals surface area (Å²) in [7, 11) is 4.04. The Labute approximate surface area is 129 Å². The summed E-state index contributed by atoms with van der Waals surface area (Å²) >= 11 is 6.10. The van der Waals surface area contributed by atoms with E-state index in [1.165, 1.54) is 0 Å². The van der Waals surface area contributed by atoms with Gasteiger partial charge in [-0.15, -0.1) is 5.10 Å². The van der Waals surface area contributed by atoms with E-state index < -0.39 is 0 Å². The zero-order chi connectivity index (χ0) is 15.2. The first-order valence-electron chi connectivity index (χ1n) is 6.66. The average Bonchev–Trinajstić information content (AvgIpc) is 2.43. The quantitative estimate of drug-likeness (QED) is 0.855. The normalized spacial score (nSPS) is 10.7. The Hall–Kier alpha value is -1.92. The van der Waals surface area contributed by atoms with Crippen molar-refractivity contribution in [3.63, 3.8) is 0 Å². The number of rotatable bonds is 6. The van der Waals surface area contributed by atoms with Crippen LogP contribution < -0.4 is 10.6 Å². The summed E-state index contributed by atoms with van der Waals surface area (Å²) in [6.07, 6.45) is 1.60. The van der Waals surface area contributed by atoms with Gasteiger partial charge in [0.25, 0.3) is 0 Å². The Bertz CT molecular complexity index is 602. The van der Waals surface area contributed by atoms with Gasteiger partial charge in [0.05, 0.1) is 6.20 Å². The topological polar surface area (TPSA) is 66.0 Å². The van der Waals surface area contributed by atoms with Crippen molar-refractivity contribution in [1.29, 1.82) is 0 Å². The van der Waals surface area contributed by atoms with E-state index in [0.29, 0.717) is 16.8 Å². The van der Waals surface area contributed by atoms with Crippen LogP contribution in [0.3, 0.4) is 0 Å². The minimum atomic E-state index is 0.435. The third kappa shape index (κ3) is 4.84. The van der Waals surface area contributed by atoms with E-state index in [4.69, 9.17) is 11.6 Å². The van der Waals surface area contributed by atoms with E-state index in [-0.39, 0.29) is 0 Å². The van der Waals surface area contributed by atoms with Crippen LogP contribution in [0.1, 0.15) is 5.56 Å². The molecule has 0 saturated carbocycles. The lowest BCUT2D eigenvalue weighted by Crippen LogP contribution is -2.21. The molecule has 0 bridgehead atoms. The molecule has 0 fully saturated rings. The van der Waals surface area contributed by atoms with Crippen LogP contribution in [0.15, 0.2) is 24.4 Å². The molecule has 6 nitrogen and oxygen atoms in total. The highest BCUT2D eigenvalue weighted by Crippen LogP contribution is 2.21. The molecule has 0 aliphatic rings. The number of hydrogen-bond acceptors (Lipinski definition) is 6. The van der Waals surface area contributed by atoms with Gasteiger partial charge in [-0.05, 0) is 38.7 Å². The Morgan fingerprint density at radius 1 is 1.29 bits per heavy atom. The predicted octanol–water partition coefficient (Wildman–Crippen LogP) is 2.55. The maximum absolute atomic E-state index is 6.10. The summed E-state index contributed by atoms with van der Waals surface area (Å²) in [5.41, 5.74) is 1.86. The SMILES string of the molecule is Cc1ccc(Nc2nncc(NCCN(C)C)n2)cc1Cl. The molecule has 0 aliphatic carbocycles. The van der Waals surface area contributed by atoms with Gasteiger partial charge in [0, 0.05) is 23.8 Å². The number of nitrogens with zero attached hydrogens (tertiary/aromatic N) is 4. The molecular formula is C14H19ClN6. The number of halogens is 1. The first-order chi connectivity index (χ1) is 10.0. The van der Waals surface area contributed by atoms with Crippen molar-refractivity contribution in [2.45, 2.75) is 6.92 Å². The van der Waals surface area contributed by atoms with Gasteiger partial charge < -0.3 is 15.5 Å². The Kier molecular flexibility index (Phi) is 5.30. The second-order valence-electron chi connectivity index (χ2n) is 4.98. The number of benzene rings is 1. The fourth-order valence-corrected chi connectivity index (χ4v) is 1.83. The largest absolute Gasteiger partial charge is 0.367 e. The van der Waals surface area contributed by atoms with E-state index in [2.05, 4.69) is 30.7 Å². The molecule has 0 spiro atoms. The molecule has 0 amide bonds. The van der Waals surface area contributed by atoms with Gasteiger partial charge in [0.15, 0.2) is 5.82 Å². The minimum absolute atomic E-state index is 0.435. The Morgan fingerprint density at radius 3 is 2.81 bits per heavy atom. The summed E-state index contributed by atoms with van der Waals surface area (Å²) in [6.45, 7) is 3.67. The van der Waals surface area contributed by atoms with Crippen LogP contribution >= 0.6 is 11.6 Å². The highest BCUT2D eigenvalue weighted by Gasteiger charge is 2.03. The van der Waals surface area contributed by atoms with Gasteiger partial charge in [-0.25, -0.2) is 0 Å². The number of hydrogen-bond donors (Lipinski definition) is 2. The number of likely N-dealkylation sites (N-methyl/N-ethyl adjacent to an activating group) is 1. The molecule has 0 atom stereocenters. The second kappa shape index (κ2) is 7.19. The van der Waals surface area contributed by atoms with Crippen LogP contribution in [0.25, 0.3) is 0 Å². The second-order valence-corrected chi connectivity index (χ2v) is 5.39. The third-order valence-corrected chi connectivity index (χ3v) is 3.26. The monoisotopic (exact) mass is 306 g/mol. The van der Waals surface area contributed by atoms with Gasteiger partial charge in [-0.1, -0.05) is 17.7 Å². The zero-order valence-electron chi connectivity index (χ0n) is 12.4. The van der Waals surface area contributed by atoms with Gasteiger partial charge in [0.2, 0.25) is 5.95 Å². The first-order valence-corrected chi connectivity index (χ1v) is 7.04. The number of aryl methyl sites for hydroxylation is 1. The van der Waals surface area contributed by atoms with Crippen LogP contribution in [0.4, 0.5) is 17.5 Å². The van der Waals surface area contributed by atoms with Gasteiger partial charge in [0.1, 0.15) is 0 Å². The maximum Gasteiger partial charge on any atom is 0.249 e. The smallest absolute Gasteiger partial charge is 0.249 e. The van der Waals surface area contributed by atoms with Crippen LogP contribution in [0.5, 0.6) is 0 Å². The lowest BCUT2D eigenvalue weighted by Gasteiger charge is -2.11. The van der Waals surface area contributed by atoms with E-state index in [1.54, 1.807) is 6.20 Å². The van der Waals surface area contributed by atoms with Crippen molar-refractivity contribution in [1.82, 2.24) is 20.1 Å². The fraction of sp³-hybridized carbons (Fsp3) is 0.357. The van der Waals surface area contributed by atoms with Crippen molar-refractivity contribution in [3.8, 4) is 0 Å². The van der Waals surface area contributed by atoms with Crippen molar-refractivity contribution in [2.75, 3.05) is 37.8 Å². The predicted molar refractivity (Wildman–Crippen MR) is 86.3 cm³/mol. The van der Waals surface area contributed by atoms with Crippen molar-refractivity contribution in [2.24, 2.45) is 0 Å². The summed E-state index contributed by atoms with van der Waals surface area (Å²) in [4.78, 5) is 6.45. The van der Waals surface area contributed by atoms with E-state index >= 15 is 0 Å². The van der Waals surface area contributed by atoms with Gasteiger partial charge in [-0.2, -0.15) is 10.1 Å². The van der Waals surface area contributed by atoms with E-state index in [0.717, 1.165) is 24.3 Å². The molecule has 0 unspecified atom stereocenters. The summed E-state index contributed by atoms with van der Waals surface area (Å²) in [5, 5.41) is 14.9. The molecule has 1 aromatic carbocycles. The molecule has 2 N–H and O–H groups in total. The molecular weight excluding hydrogens is 288 g/mol. The molecule has 0 aliphatic heterocycles. The molecule has 1 heterocycles. The molecule has 1 aromatic heterocycles. The average molecular weight is 307 g/mol. The highest BCUT2D eigenvalue weighted by atomic mass is 35.5. The maximum atomic E-state index is 6.10. The molecule has 2 aromatic rings. The van der Waals surface area contributed by atoms with Crippen molar-refractivity contribution < 1.29 is 0 Å².